The Kier molecular flexibility index (Phi) is 6.85. The van der Waals surface area contributed by atoms with E-state index < -0.39 is 6.04 Å². The molecule has 1 aromatic carbocycles. The maximum absolute atomic E-state index is 13.1. The highest BCUT2D eigenvalue weighted by Gasteiger charge is 2.51. The number of allylic oxidation sites excluding steroid dienone is 2. The minimum atomic E-state index is -0.768. The molecule has 3 rings (SSSR count). The molecule has 0 bridgehead atoms. The molecule has 1 N–H and O–H groups in total. The average molecular weight is 399 g/mol. The molecular weight excluding hydrogens is 368 g/mol. The lowest BCUT2D eigenvalue weighted by molar-refractivity contribution is -0.148. The number of amides is 3. The summed E-state index contributed by atoms with van der Waals surface area (Å²) < 4.78 is 5.22. The van der Waals surface area contributed by atoms with Gasteiger partial charge in [0.25, 0.3) is 0 Å². The molecule has 3 unspecified atom stereocenters. The van der Waals surface area contributed by atoms with Gasteiger partial charge >= 0.3 is 0 Å². The molecule has 0 aromatic heterocycles. The second kappa shape index (κ2) is 9.35. The van der Waals surface area contributed by atoms with Crippen molar-refractivity contribution in [3.8, 4) is 0 Å². The molecule has 3 amide bonds. The van der Waals surface area contributed by atoms with Gasteiger partial charge in [-0.3, -0.25) is 19.3 Å². The Balaban J connectivity index is 1.76. The molecule has 6 nitrogen and oxygen atoms in total. The van der Waals surface area contributed by atoms with Gasteiger partial charge in [-0.25, -0.2) is 0 Å². The Morgan fingerprint density at radius 2 is 1.69 bits per heavy atom. The first-order valence-electron chi connectivity index (χ1n) is 10.3. The zero-order chi connectivity index (χ0) is 21.0. The number of hydrogen-bond donors (Lipinski definition) is 1. The average Bonchev–Trinajstić information content (AvgIpc) is 2.96. The normalized spacial score (nSPS) is 22.1. The first-order valence-corrected chi connectivity index (χ1v) is 10.3. The van der Waals surface area contributed by atoms with E-state index in [1.54, 1.807) is 7.11 Å². The van der Waals surface area contributed by atoms with Gasteiger partial charge < -0.3 is 10.1 Å². The summed E-state index contributed by atoms with van der Waals surface area (Å²) in [7, 11) is 1.63. The first kappa shape index (κ1) is 21.2. The molecule has 1 fully saturated rings. The van der Waals surface area contributed by atoms with E-state index in [2.05, 4.69) is 5.32 Å². The summed E-state index contributed by atoms with van der Waals surface area (Å²) in [5.74, 6) is -1.16. The van der Waals surface area contributed by atoms with Crippen LogP contribution in [-0.4, -0.2) is 35.8 Å². The van der Waals surface area contributed by atoms with Crippen LogP contribution in [0.3, 0.4) is 0 Å². The Hall–Kier alpha value is -2.47. The van der Waals surface area contributed by atoms with Crippen LogP contribution in [0.1, 0.15) is 44.2 Å². The van der Waals surface area contributed by atoms with Crippen LogP contribution < -0.4 is 5.32 Å². The molecule has 3 atom stereocenters. The Labute approximate surface area is 172 Å². The van der Waals surface area contributed by atoms with Crippen LogP contribution in [0.4, 0.5) is 0 Å². The summed E-state index contributed by atoms with van der Waals surface area (Å²) in [6.07, 6.45) is 5.52. The lowest BCUT2D eigenvalue weighted by Gasteiger charge is -2.27. The number of rotatable bonds is 8. The second-order valence-corrected chi connectivity index (χ2v) is 8.27. The van der Waals surface area contributed by atoms with E-state index in [0.717, 1.165) is 11.1 Å². The van der Waals surface area contributed by atoms with Gasteiger partial charge in [0, 0.05) is 13.7 Å². The largest absolute Gasteiger partial charge is 0.380 e. The lowest BCUT2D eigenvalue weighted by atomic mass is 9.85. The highest BCUT2D eigenvalue weighted by molar-refractivity contribution is 6.08. The van der Waals surface area contributed by atoms with Crippen LogP contribution in [0.15, 0.2) is 36.4 Å². The number of methoxy groups -OCH3 is 1. The Morgan fingerprint density at radius 1 is 1.10 bits per heavy atom. The molecule has 1 saturated heterocycles. The van der Waals surface area contributed by atoms with Crippen molar-refractivity contribution in [1.82, 2.24) is 10.2 Å². The van der Waals surface area contributed by atoms with Crippen molar-refractivity contribution in [3.05, 3.63) is 47.5 Å². The zero-order valence-corrected chi connectivity index (χ0v) is 17.4. The molecular formula is C23H30N2O4. The molecule has 1 aromatic rings. The number of fused-ring (bicyclic) bond motifs is 1. The third-order valence-electron chi connectivity index (χ3n) is 5.72. The molecule has 156 valence electrons. The predicted molar refractivity (Wildman–Crippen MR) is 109 cm³/mol. The van der Waals surface area contributed by atoms with Crippen LogP contribution in [-0.2, 0) is 32.3 Å². The van der Waals surface area contributed by atoms with Gasteiger partial charge in [-0.1, -0.05) is 50.3 Å². The fourth-order valence-corrected chi connectivity index (χ4v) is 4.24. The van der Waals surface area contributed by atoms with Gasteiger partial charge in [-0.05, 0) is 36.3 Å². The number of likely N-dealkylation sites (tertiary alicyclic amines) is 1. The van der Waals surface area contributed by atoms with E-state index in [-0.39, 0.29) is 35.5 Å². The minimum absolute atomic E-state index is 0.174. The van der Waals surface area contributed by atoms with Crippen molar-refractivity contribution in [2.75, 3.05) is 7.11 Å². The van der Waals surface area contributed by atoms with Gasteiger partial charge in [-0.2, -0.15) is 0 Å². The maximum atomic E-state index is 13.1. The highest BCUT2D eigenvalue weighted by atomic mass is 16.5. The molecule has 2 aliphatic rings. The third kappa shape index (κ3) is 4.58. The van der Waals surface area contributed by atoms with E-state index in [4.69, 9.17) is 4.74 Å². The number of carbonyl (C=O) groups is 3. The smallest absolute Gasteiger partial charge is 0.243 e. The van der Waals surface area contributed by atoms with Gasteiger partial charge in [0.05, 0.1) is 18.4 Å². The zero-order valence-electron chi connectivity index (χ0n) is 17.4. The standard InChI is InChI=1S/C23H30N2O4/c1-15(2)12-20(25-22(27)18-10-6-7-11-19(18)23(25)28)21(26)24-13-16-8-4-5-9-17(16)14-29-3/h4-9,15,18-20H,10-14H2,1-3H3,(H,24,26). The van der Waals surface area contributed by atoms with E-state index in [9.17, 15) is 14.4 Å². The van der Waals surface area contributed by atoms with E-state index in [1.165, 1.54) is 4.90 Å². The Morgan fingerprint density at radius 3 is 2.24 bits per heavy atom. The number of hydrogen-bond acceptors (Lipinski definition) is 4. The number of carbonyl (C=O) groups excluding carboxylic acids is 3. The maximum Gasteiger partial charge on any atom is 0.243 e. The number of benzene rings is 1. The van der Waals surface area contributed by atoms with Crippen molar-refractivity contribution in [2.24, 2.45) is 17.8 Å². The number of imide groups is 1. The van der Waals surface area contributed by atoms with Crippen LogP contribution in [0.25, 0.3) is 0 Å². The van der Waals surface area contributed by atoms with Crippen LogP contribution in [0.5, 0.6) is 0 Å². The molecule has 1 aliphatic heterocycles. The third-order valence-corrected chi connectivity index (χ3v) is 5.72. The summed E-state index contributed by atoms with van der Waals surface area (Å²) in [6, 6.07) is 6.98. The molecule has 0 saturated carbocycles. The van der Waals surface area contributed by atoms with Crippen molar-refractivity contribution in [1.29, 1.82) is 0 Å². The van der Waals surface area contributed by atoms with Crippen molar-refractivity contribution < 1.29 is 19.1 Å². The van der Waals surface area contributed by atoms with Crippen LogP contribution in [0, 0.1) is 17.8 Å². The number of ether oxygens (including phenoxy) is 1. The van der Waals surface area contributed by atoms with E-state index >= 15 is 0 Å². The quantitative estimate of drug-likeness (QED) is 0.540. The van der Waals surface area contributed by atoms with Gasteiger partial charge in [0.1, 0.15) is 6.04 Å². The molecule has 29 heavy (non-hydrogen) atoms. The van der Waals surface area contributed by atoms with Crippen molar-refractivity contribution in [3.63, 3.8) is 0 Å². The number of nitrogens with one attached hydrogen (secondary N) is 1. The molecule has 0 spiro atoms. The van der Waals surface area contributed by atoms with E-state index in [0.29, 0.717) is 32.4 Å². The molecule has 6 heteroatoms. The Bertz CT molecular complexity index is 776. The minimum Gasteiger partial charge on any atom is -0.380 e. The van der Waals surface area contributed by atoms with Gasteiger partial charge in [-0.15, -0.1) is 0 Å². The lowest BCUT2D eigenvalue weighted by Crippen LogP contribution is -2.50. The van der Waals surface area contributed by atoms with Crippen molar-refractivity contribution in [2.45, 2.75) is 52.3 Å². The van der Waals surface area contributed by atoms with Crippen molar-refractivity contribution >= 4 is 17.7 Å². The molecule has 1 aliphatic carbocycles. The highest BCUT2D eigenvalue weighted by Crippen LogP contribution is 2.37. The van der Waals surface area contributed by atoms with Gasteiger partial charge in [0.15, 0.2) is 0 Å². The summed E-state index contributed by atoms with van der Waals surface area (Å²) in [5.41, 5.74) is 1.96. The molecule has 0 radical (unpaired) electrons. The van der Waals surface area contributed by atoms with Crippen LogP contribution in [0.2, 0.25) is 0 Å². The fraction of sp³-hybridized carbons (Fsp3) is 0.522. The summed E-state index contributed by atoms with van der Waals surface area (Å²) in [6.45, 7) is 4.78. The fourth-order valence-electron chi connectivity index (χ4n) is 4.24. The number of nitrogens with zero attached hydrogens (tertiary/aromatic N) is 1. The summed E-state index contributed by atoms with van der Waals surface area (Å²) >= 11 is 0. The monoisotopic (exact) mass is 398 g/mol. The predicted octanol–water partition coefficient (Wildman–Crippen LogP) is 2.82. The SMILES string of the molecule is COCc1ccccc1CNC(=O)C(CC(C)C)N1C(=O)C2CC=CCC2C1=O. The topological polar surface area (TPSA) is 75.7 Å². The second-order valence-electron chi connectivity index (χ2n) is 8.27. The summed E-state index contributed by atoms with van der Waals surface area (Å²) in [5, 5.41) is 2.95. The van der Waals surface area contributed by atoms with Crippen LogP contribution >= 0.6 is 0 Å². The molecule has 1 heterocycles. The van der Waals surface area contributed by atoms with Gasteiger partial charge in [0.2, 0.25) is 17.7 Å². The first-order chi connectivity index (χ1) is 13.9. The van der Waals surface area contributed by atoms with E-state index in [1.807, 2.05) is 50.3 Å². The summed E-state index contributed by atoms with van der Waals surface area (Å²) in [4.78, 5) is 40.3.